The third-order valence-electron chi connectivity index (χ3n) is 0. The van der Waals surface area contributed by atoms with Gasteiger partial charge in [0, 0.05) is 0 Å². The predicted octanol–water partition coefficient (Wildman–Crippen LogP) is -14.3. The second kappa shape index (κ2) is 26.8. The van der Waals surface area contributed by atoms with Gasteiger partial charge in [-0.1, -0.05) is 0 Å². The summed E-state index contributed by atoms with van der Waals surface area (Å²) in [6.45, 7) is 0. The number of halogens is 4. The van der Waals surface area contributed by atoms with Gasteiger partial charge in [-0.2, -0.15) is 0 Å². The molecule has 0 aromatic heterocycles. The first-order valence-corrected chi connectivity index (χ1v) is 9.62. The van der Waals surface area contributed by atoms with Crippen LogP contribution in [0.4, 0.5) is 0 Å². The summed E-state index contributed by atoms with van der Waals surface area (Å²) in [6, 6.07) is 0. The van der Waals surface area contributed by atoms with Gasteiger partial charge in [0.2, 0.25) is 59.3 Å². The third kappa shape index (κ3) is 905. The van der Waals surface area contributed by atoms with E-state index in [9.17, 15) is 0 Å². The fourth-order valence-electron chi connectivity index (χ4n) is 0. The minimum atomic E-state index is -3.65. The molecule has 0 unspecified atom stereocenters. The molecule has 0 aliphatic carbocycles. The smallest absolute Gasteiger partial charge is 0.405 e. The number of hydrogen-bond acceptors (Lipinski definition) is 12. The van der Waals surface area contributed by atoms with Gasteiger partial charge in [0.05, 0.1) is 0 Å². The van der Waals surface area contributed by atoms with Gasteiger partial charge in [-0.25, -0.2) is 0 Å². The molecular formula is Br4O12Zr. The van der Waals surface area contributed by atoms with Crippen molar-refractivity contribution in [3.63, 3.8) is 0 Å². The average Bonchev–Trinajstić information content (AvgIpc) is 1.76. The molecule has 0 spiro atoms. The van der Waals surface area contributed by atoms with Crippen molar-refractivity contribution in [3.8, 4) is 0 Å². The van der Waals surface area contributed by atoms with E-state index in [1.807, 2.05) is 0 Å². The first kappa shape index (κ1) is 31.6. The van der Waals surface area contributed by atoms with E-state index in [2.05, 4.69) is 0 Å². The molecule has 0 radical (unpaired) electrons. The Labute approximate surface area is 134 Å². The fraction of sp³-hybridized carbons (Fsp3) is 0. The van der Waals surface area contributed by atoms with E-state index in [-0.39, 0.29) is 26.2 Å². The molecule has 104 valence electrons. The minimum absolute atomic E-state index is 0. The molecule has 17 heteroatoms. The SMILES string of the molecule is [O-][Br+2]([O-])[O-].[O-][Br+2]([O-])[O-].[O-][Br+2]([O-])[O-].[O-][Br+2]([O-])[O-].[Zr+4]. The van der Waals surface area contributed by atoms with Crippen molar-refractivity contribution in [2.75, 3.05) is 0 Å². The van der Waals surface area contributed by atoms with Gasteiger partial charge in [0.25, 0.3) is 0 Å². The van der Waals surface area contributed by atoms with Crippen LogP contribution in [0.15, 0.2) is 0 Å². The second-order valence-corrected chi connectivity index (χ2v) is 3.93. The maximum atomic E-state index is 8.52. The first-order valence-electron chi connectivity index (χ1n) is 1.85. The summed E-state index contributed by atoms with van der Waals surface area (Å²) in [6.07, 6.45) is 0. The van der Waals surface area contributed by atoms with Gasteiger partial charge in [-0.05, 0) is 0 Å². The standard InChI is InChI=1S/4BrO3.Zr/c4*2-1(3)4;/q4*-1;+4. The van der Waals surface area contributed by atoms with Gasteiger partial charge in [0.15, 0.2) is 0 Å². The quantitative estimate of drug-likeness (QED) is 0.250. The van der Waals surface area contributed by atoms with E-state index in [0.717, 1.165) is 0 Å². The van der Waals surface area contributed by atoms with Gasteiger partial charge in [-0.3, -0.25) is 0 Å². The van der Waals surface area contributed by atoms with Crippen molar-refractivity contribution in [1.82, 2.24) is 0 Å². The maximum Gasteiger partial charge on any atom is 4.00 e. The molecule has 12 nitrogen and oxygen atoms in total. The predicted molar refractivity (Wildman–Crippen MR) is 0 cm³/mol. The molecule has 17 heavy (non-hydrogen) atoms. The molecule has 0 atom stereocenters. The zero-order valence-electron chi connectivity index (χ0n) is 6.91. The summed E-state index contributed by atoms with van der Waals surface area (Å²) in [5.74, 6) is 0. The summed E-state index contributed by atoms with van der Waals surface area (Å²) in [7, 11) is 0. The Morgan fingerprint density at radius 1 is 0.294 bits per heavy atom. The van der Waals surface area contributed by atoms with Gasteiger partial charge in [0.1, 0.15) is 0 Å². The van der Waals surface area contributed by atoms with E-state index in [0.29, 0.717) is 0 Å². The zero-order chi connectivity index (χ0) is 14.3. The molecule has 0 aromatic rings. The Bertz CT molecular complexity index is 61.5. The Morgan fingerprint density at radius 2 is 0.294 bits per heavy atom. The molecule has 0 saturated carbocycles. The van der Waals surface area contributed by atoms with Crippen LogP contribution < -0.4 is 50.4 Å². The largest absolute Gasteiger partial charge is 4.00 e. The summed E-state index contributed by atoms with van der Waals surface area (Å²) >= 11 is -14.6. The van der Waals surface area contributed by atoms with Crippen LogP contribution in [-0.4, -0.2) is 0 Å². The summed E-state index contributed by atoms with van der Waals surface area (Å²) in [5.41, 5.74) is 0. The van der Waals surface area contributed by atoms with Crippen LogP contribution in [0.3, 0.4) is 0 Å². The van der Waals surface area contributed by atoms with Crippen LogP contribution in [0, 0.1) is 59.3 Å². The Kier molecular flexibility index (Phi) is 49.9. The molecule has 0 rings (SSSR count). The molecule has 0 aliphatic rings. The normalized spacial score (nSPS) is 8.47. The molecule has 0 N–H and O–H groups in total. The van der Waals surface area contributed by atoms with E-state index >= 15 is 0 Å². The van der Waals surface area contributed by atoms with Crippen molar-refractivity contribution in [2.45, 2.75) is 0 Å². The molecule has 0 heterocycles. The van der Waals surface area contributed by atoms with Gasteiger partial charge >= 0.3 is 26.2 Å². The van der Waals surface area contributed by atoms with E-state index in [4.69, 9.17) is 50.4 Å². The molecule has 0 aromatic carbocycles. The Hall–Kier alpha value is 2.32. The molecule has 0 aliphatic heterocycles. The van der Waals surface area contributed by atoms with Crippen molar-refractivity contribution in [2.24, 2.45) is 0 Å². The topological polar surface area (TPSA) is 277 Å². The Morgan fingerprint density at radius 3 is 0.294 bits per heavy atom. The summed E-state index contributed by atoms with van der Waals surface area (Å²) in [5, 5.41) is 0. The molecule has 0 bridgehead atoms. The monoisotopic (exact) mass is 598 g/mol. The van der Waals surface area contributed by atoms with Crippen LogP contribution in [0.25, 0.3) is 0 Å². The van der Waals surface area contributed by atoms with Crippen molar-refractivity contribution < 1.29 is 136 Å². The first-order chi connectivity index (χ1) is 6.93. The zero-order valence-corrected chi connectivity index (χ0v) is 15.7. The molecule has 0 fully saturated rings. The molecule has 0 amide bonds. The van der Waals surface area contributed by atoms with Crippen molar-refractivity contribution in [1.29, 1.82) is 0 Å². The fourth-order valence-corrected chi connectivity index (χ4v) is 0. The maximum absolute atomic E-state index is 8.52. The van der Waals surface area contributed by atoms with Crippen LogP contribution in [0.5, 0.6) is 0 Å². The number of hydrogen-bond donors (Lipinski definition) is 0. The van der Waals surface area contributed by atoms with Crippen molar-refractivity contribution >= 4 is 0 Å². The van der Waals surface area contributed by atoms with Crippen molar-refractivity contribution in [3.05, 3.63) is 0 Å². The minimum Gasteiger partial charge on any atom is -0.405 e. The molecular weight excluding hydrogens is 603 g/mol. The Balaban J connectivity index is -0.0000000369. The van der Waals surface area contributed by atoms with Crippen LogP contribution in [0.2, 0.25) is 0 Å². The van der Waals surface area contributed by atoms with Crippen LogP contribution >= 0.6 is 0 Å². The van der Waals surface area contributed by atoms with Gasteiger partial charge in [-0.15, -0.1) is 0 Å². The average molecular weight is 603 g/mol. The van der Waals surface area contributed by atoms with Crippen LogP contribution in [-0.2, 0) is 26.2 Å². The summed E-state index contributed by atoms with van der Waals surface area (Å²) in [4.78, 5) is 0. The third-order valence-corrected chi connectivity index (χ3v) is 0. The summed E-state index contributed by atoms with van der Waals surface area (Å²) < 4.78 is 102. The van der Waals surface area contributed by atoms with E-state index in [1.54, 1.807) is 0 Å². The van der Waals surface area contributed by atoms with Crippen LogP contribution in [0.1, 0.15) is 0 Å². The van der Waals surface area contributed by atoms with Gasteiger partial charge < -0.3 is 50.4 Å². The number of rotatable bonds is 0. The van der Waals surface area contributed by atoms with E-state index < -0.39 is 59.3 Å². The molecule has 0 saturated heterocycles. The van der Waals surface area contributed by atoms with E-state index in [1.165, 1.54) is 0 Å². The second-order valence-electron chi connectivity index (χ2n) is 0.756.